The zero-order valence-corrected chi connectivity index (χ0v) is 14.2. The van der Waals surface area contributed by atoms with Crippen molar-refractivity contribution in [3.8, 4) is 0 Å². The molecule has 5 nitrogen and oxygen atoms in total. The summed E-state index contributed by atoms with van der Waals surface area (Å²) in [5.41, 5.74) is 2.65. The average Bonchev–Trinajstić information content (AvgIpc) is 2.85. The summed E-state index contributed by atoms with van der Waals surface area (Å²) < 4.78 is 26.4. The molecule has 1 N–H and O–H groups in total. The van der Waals surface area contributed by atoms with E-state index in [9.17, 15) is 13.2 Å². The van der Waals surface area contributed by atoms with Crippen LogP contribution in [0.25, 0.3) is 0 Å². The molecule has 1 unspecified atom stereocenters. The molecule has 0 aromatic heterocycles. The molecule has 1 aromatic rings. The number of hydrogen-bond acceptors (Lipinski definition) is 3. The summed E-state index contributed by atoms with van der Waals surface area (Å²) in [7, 11) is -3.23. The fourth-order valence-corrected chi connectivity index (χ4v) is 4.29. The van der Waals surface area contributed by atoms with Gasteiger partial charge in [0, 0.05) is 24.7 Å². The molecule has 1 fully saturated rings. The van der Waals surface area contributed by atoms with Crippen molar-refractivity contribution in [1.82, 2.24) is 9.62 Å². The number of nitrogens with one attached hydrogen (secondary N) is 1. The predicted octanol–water partition coefficient (Wildman–Crippen LogP) is 1.85. The second-order valence-corrected chi connectivity index (χ2v) is 7.81. The van der Waals surface area contributed by atoms with Gasteiger partial charge < -0.3 is 4.90 Å². The first-order chi connectivity index (χ1) is 10.3. The fraction of sp³-hybridized carbons (Fsp3) is 0.562. The van der Waals surface area contributed by atoms with Crippen molar-refractivity contribution >= 4 is 15.9 Å². The van der Waals surface area contributed by atoms with E-state index in [0.717, 1.165) is 16.7 Å². The highest BCUT2D eigenvalue weighted by atomic mass is 32.2. The number of likely N-dealkylation sites (tertiary alicyclic amines) is 1. The molecule has 1 atom stereocenters. The molecule has 0 aliphatic carbocycles. The second-order valence-electron chi connectivity index (χ2n) is 5.94. The number of carbonyl (C=O) groups is 1. The number of nitrogens with zero attached hydrogens (tertiary/aromatic N) is 1. The molecule has 1 aliphatic rings. The number of sulfonamides is 1. The molecule has 6 heteroatoms. The van der Waals surface area contributed by atoms with Crippen LogP contribution in [0, 0.1) is 13.8 Å². The molecular formula is C16H24N2O3S. The van der Waals surface area contributed by atoms with Gasteiger partial charge in [-0.2, -0.15) is 0 Å². The summed E-state index contributed by atoms with van der Waals surface area (Å²) in [6.07, 6.45) is 1.26. The Morgan fingerprint density at radius 1 is 1.32 bits per heavy atom. The molecule has 0 bridgehead atoms. The zero-order valence-electron chi connectivity index (χ0n) is 13.4. The summed E-state index contributed by atoms with van der Waals surface area (Å²) in [5.74, 6) is 0.127. The first-order valence-electron chi connectivity index (χ1n) is 7.69. The normalized spacial score (nSPS) is 18.7. The maximum atomic E-state index is 12.7. The van der Waals surface area contributed by atoms with E-state index in [2.05, 4.69) is 4.72 Å². The highest BCUT2D eigenvalue weighted by Gasteiger charge is 2.30. The van der Waals surface area contributed by atoms with E-state index in [4.69, 9.17) is 0 Å². The summed E-state index contributed by atoms with van der Waals surface area (Å²) in [5, 5.41) is 0. The van der Waals surface area contributed by atoms with E-state index in [-0.39, 0.29) is 17.7 Å². The lowest BCUT2D eigenvalue weighted by molar-refractivity contribution is 0.0788. The third-order valence-electron chi connectivity index (χ3n) is 3.99. The fourth-order valence-electron chi connectivity index (χ4n) is 2.93. The van der Waals surface area contributed by atoms with Crippen LogP contribution in [0.3, 0.4) is 0 Å². The summed E-state index contributed by atoms with van der Waals surface area (Å²) in [6, 6.07) is 5.62. The standard InChI is InChI=1S/C16H24N2O3S/c1-4-10-22(20,21)17-14-8-9-18(11-14)16(19)15-12(2)6-5-7-13(15)3/h5-7,14,17H,4,8-11H2,1-3H3. The van der Waals surface area contributed by atoms with E-state index in [1.54, 1.807) is 4.90 Å². The van der Waals surface area contributed by atoms with Crippen molar-refractivity contribution in [3.05, 3.63) is 34.9 Å². The molecule has 1 aliphatic heterocycles. The van der Waals surface area contributed by atoms with Gasteiger partial charge >= 0.3 is 0 Å². The van der Waals surface area contributed by atoms with Crippen LogP contribution < -0.4 is 4.72 Å². The Balaban J connectivity index is 2.06. The van der Waals surface area contributed by atoms with Gasteiger partial charge in [-0.3, -0.25) is 4.79 Å². The molecule has 1 heterocycles. The summed E-state index contributed by atoms with van der Waals surface area (Å²) in [4.78, 5) is 14.4. The summed E-state index contributed by atoms with van der Waals surface area (Å²) in [6.45, 7) is 6.72. The van der Waals surface area contributed by atoms with Gasteiger partial charge in [0.15, 0.2) is 0 Å². The van der Waals surface area contributed by atoms with Crippen molar-refractivity contribution in [1.29, 1.82) is 0 Å². The zero-order chi connectivity index (χ0) is 16.3. The van der Waals surface area contributed by atoms with E-state index in [1.807, 2.05) is 39.0 Å². The Labute approximate surface area is 132 Å². The third-order valence-corrected chi connectivity index (χ3v) is 5.63. The minimum atomic E-state index is -3.23. The lowest BCUT2D eigenvalue weighted by Gasteiger charge is -2.19. The van der Waals surface area contributed by atoms with Gasteiger partial charge in [-0.25, -0.2) is 13.1 Å². The van der Waals surface area contributed by atoms with E-state index >= 15 is 0 Å². The number of amides is 1. The Bertz CT molecular complexity index is 635. The van der Waals surface area contributed by atoms with Crippen LogP contribution in [-0.4, -0.2) is 44.1 Å². The van der Waals surface area contributed by atoms with Crippen molar-refractivity contribution in [2.45, 2.75) is 39.7 Å². The second kappa shape index (κ2) is 6.79. The predicted molar refractivity (Wildman–Crippen MR) is 87.4 cm³/mol. The molecule has 0 radical (unpaired) electrons. The molecule has 22 heavy (non-hydrogen) atoms. The van der Waals surface area contributed by atoms with E-state index < -0.39 is 10.0 Å². The minimum absolute atomic E-state index is 0.00668. The van der Waals surface area contributed by atoms with Crippen molar-refractivity contribution in [2.75, 3.05) is 18.8 Å². The van der Waals surface area contributed by atoms with Crippen molar-refractivity contribution < 1.29 is 13.2 Å². The van der Waals surface area contributed by atoms with Crippen molar-refractivity contribution in [3.63, 3.8) is 0 Å². The summed E-state index contributed by atoms with van der Waals surface area (Å²) >= 11 is 0. The first-order valence-corrected chi connectivity index (χ1v) is 9.34. The Kier molecular flexibility index (Phi) is 5.24. The molecule has 1 aromatic carbocycles. The maximum Gasteiger partial charge on any atom is 0.254 e. The molecule has 0 spiro atoms. The van der Waals surface area contributed by atoms with Gasteiger partial charge in [0.1, 0.15) is 0 Å². The Hall–Kier alpha value is -1.40. The third kappa shape index (κ3) is 3.87. The smallest absolute Gasteiger partial charge is 0.254 e. The first kappa shape index (κ1) is 17.0. The Morgan fingerprint density at radius 3 is 2.55 bits per heavy atom. The van der Waals surface area contributed by atoms with Crippen LogP contribution in [0.2, 0.25) is 0 Å². The molecule has 1 saturated heterocycles. The topological polar surface area (TPSA) is 66.5 Å². The van der Waals surface area contributed by atoms with Crippen LogP contribution in [0.5, 0.6) is 0 Å². The van der Waals surface area contributed by atoms with Crippen LogP contribution in [0.1, 0.15) is 41.3 Å². The molecular weight excluding hydrogens is 300 g/mol. The number of carbonyl (C=O) groups excluding carboxylic acids is 1. The van der Waals surface area contributed by atoms with E-state index in [1.165, 1.54) is 0 Å². The average molecular weight is 324 g/mol. The quantitative estimate of drug-likeness (QED) is 0.899. The largest absolute Gasteiger partial charge is 0.337 e. The minimum Gasteiger partial charge on any atom is -0.337 e. The lowest BCUT2D eigenvalue weighted by atomic mass is 10.0. The van der Waals surface area contributed by atoms with Gasteiger partial charge in [-0.05, 0) is 37.8 Å². The van der Waals surface area contributed by atoms with Gasteiger partial charge in [0.2, 0.25) is 10.0 Å². The SMILES string of the molecule is CCCS(=O)(=O)NC1CCN(C(=O)c2c(C)cccc2C)C1. The van der Waals surface area contributed by atoms with Crippen LogP contribution in [-0.2, 0) is 10.0 Å². The Morgan fingerprint density at radius 2 is 1.95 bits per heavy atom. The van der Waals surface area contributed by atoms with Crippen LogP contribution >= 0.6 is 0 Å². The van der Waals surface area contributed by atoms with Gasteiger partial charge in [0.25, 0.3) is 5.91 Å². The maximum absolute atomic E-state index is 12.7. The molecule has 2 rings (SSSR count). The number of hydrogen-bond donors (Lipinski definition) is 1. The van der Waals surface area contributed by atoms with Crippen molar-refractivity contribution in [2.24, 2.45) is 0 Å². The molecule has 122 valence electrons. The van der Waals surface area contributed by atoms with Crippen LogP contribution in [0.15, 0.2) is 18.2 Å². The van der Waals surface area contributed by atoms with Gasteiger partial charge in [-0.15, -0.1) is 0 Å². The monoisotopic (exact) mass is 324 g/mol. The number of rotatable bonds is 5. The number of aryl methyl sites for hydroxylation is 2. The highest BCUT2D eigenvalue weighted by molar-refractivity contribution is 7.89. The van der Waals surface area contributed by atoms with E-state index in [0.29, 0.717) is 25.9 Å². The molecule has 0 saturated carbocycles. The molecule has 1 amide bonds. The lowest BCUT2D eigenvalue weighted by Crippen LogP contribution is -2.39. The van der Waals surface area contributed by atoms with Gasteiger partial charge in [-0.1, -0.05) is 25.1 Å². The number of benzene rings is 1. The highest BCUT2D eigenvalue weighted by Crippen LogP contribution is 2.19. The van der Waals surface area contributed by atoms with Gasteiger partial charge in [0.05, 0.1) is 5.75 Å². The van der Waals surface area contributed by atoms with Crippen LogP contribution in [0.4, 0.5) is 0 Å².